The first-order valence-corrected chi connectivity index (χ1v) is 11.3. The molecule has 152 valence electrons. The van der Waals surface area contributed by atoms with Crippen molar-refractivity contribution in [3.63, 3.8) is 0 Å². The summed E-state index contributed by atoms with van der Waals surface area (Å²) in [4.78, 5) is 0. The van der Waals surface area contributed by atoms with E-state index in [1.807, 2.05) is 12.2 Å². The molecule has 0 heterocycles. The van der Waals surface area contributed by atoms with E-state index in [4.69, 9.17) is 0 Å². The van der Waals surface area contributed by atoms with E-state index in [1.165, 1.54) is 80.0 Å². The van der Waals surface area contributed by atoms with Gasteiger partial charge in [-0.25, -0.2) is 0 Å². The van der Waals surface area contributed by atoms with Gasteiger partial charge in [0.2, 0.25) is 0 Å². The second-order valence-corrected chi connectivity index (χ2v) is 7.71. The highest BCUT2D eigenvalue weighted by Gasteiger charge is 1.94. The van der Waals surface area contributed by atoms with Gasteiger partial charge >= 0.3 is 0 Å². The maximum Gasteiger partial charge on any atom is -0.0109 e. The molecule has 0 N–H and O–H groups in total. The first-order chi connectivity index (χ1) is 14.3. The number of benzene rings is 2. The molecule has 0 unspecified atom stereocenters. The Hall–Kier alpha value is -2.52. The van der Waals surface area contributed by atoms with Crippen LogP contribution < -0.4 is 0 Å². The van der Waals surface area contributed by atoms with E-state index in [0.29, 0.717) is 0 Å². The number of unbranched alkanes of at least 4 members (excludes halogenated alkanes) is 5. The van der Waals surface area contributed by atoms with E-state index in [1.54, 1.807) is 0 Å². The quantitative estimate of drug-likeness (QED) is 0.270. The molecule has 0 aromatic heterocycles. The van der Waals surface area contributed by atoms with Gasteiger partial charge in [-0.3, -0.25) is 0 Å². The SMILES string of the molecule is CCCCCCCc1ccc(C=CC#CC=Cc2ccc(CCCC)cc2)cc1. The fraction of sp³-hybridized carbons (Fsp3) is 0.379. The Morgan fingerprint density at radius 1 is 0.552 bits per heavy atom. The first kappa shape index (κ1) is 22.8. The van der Waals surface area contributed by atoms with E-state index in [2.05, 4.69) is 86.4 Å². The molecule has 0 amide bonds. The van der Waals surface area contributed by atoms with E-state index in [9.17, 15) is 0 Å². The monoisotopic (exact) mass is 384 g/mol. The number of allylic oxidation sites excluding steroid dienone is 2. The predicted octanol–water partition coefficient (Wildman–Crippen LogP) is 8.27. The highest BCUT2D eigenvalue weighted by atomic mass is 14.0. The number of hydrogen-bond donors (Lipinski definition) is 0. The molecule has 0 saturated heterocycles. The molecule has 0 atom stereocenters. The normalized spacial score (nSPS) is 11.1. The summed E-state index contributed by atoms with van der Waals surface area (Å²) in [6.45, 7) is 4.50. The van der Waals surface area contributed by atoms with Crippen LogP contribution in [0.1, 0.15) is 81.0 Å². The predicted molar refractivity (Wildman–Crippen MR) is 130 cm³/mol. The second-order valence-electron chi connectivity index (χ2n) is 7.71. The maximum atomic E-state index is 3.09. The van der Waals surface area contributed by atoms with Gasteiger partial charge in [0.15, 0.2) is 0 Å². The third-order valence-corrected chi connectivity index (χ3v) is 5.15. The molecule has 0 heteroatoms. The van der Waals surface area contributed by atoms with Crippen LogP contribution in [-0.2, 0) is 12.8 Å². The van der Waals surface area contributed by atoms with Crippen molar-refractivity contribution in [2.24, 2.45) is 0 Å². The summed E-state index contributed by atoms with van der Waals surface area (Å²) in [5.74, 6) is 6.19. The Balaban J connectivity index is 1.74. The summed E-state index contributed by atoms with van der Waals surface area (Å²) in [5, 5.41) is 0. The van der Waals surface area contributed by atoms with Crippen LogP contribution in [0.25, 0.3) is 12.2 Å². The summed E-state index contributed by atoms with van der Waals surface area (Å²) in [6.07, 6.45) is 19.6. The summed E-state index contributed by atoms with van der Waals surface area (Å²) in [7, 11) is 0. The second kappa shape index (κ2) is 14.5. The lowest BCUT2D eigenvalue weighted by Gasteiger charge is -2.02. The Bertz CT molecular complexity index is 792. The van der Waals surface area contributed by atoms with Gasteiger partial charge in [0, 0.05) is 0 Å². The van der Waals surface area contributed by atoms with E-state index >= 15 is 0 Å². The summed E-state index contributed by atoms with van der Waals surface area (Å²) in [5.41, 5.74) is 5.27. The van der Waals surface area contributed by atoms with E-state index < -0.39 is 0 Å². The fourth-order valence-corrected chi connectivity index (χ4v) is 3.28. The Morgan fingerprint density at radius 3 is 1.48 bits per heavy atom. The Morgan fingerprint density at radius 2 is 1.00 bits per heavy atom. The highest BCUT2D eigenvalue weighted by Crippen LogP contribution is 2.11. The lowest BCUT2D eigenvalue weighted by atomic mass is 10.0. The minimum Gasteiger partial charge on any atom is -0.0702 e. The molecule has 0 nitrogen and oxygen atoms in total. The molecule has 2 rings (SSSR count). The van der Waals surface area contributed by atoms with Crippen LogP contribution in [-0.4, -0.2) is 0 Å². The van der Waals surface area contributed by atoms with Gasteiger partial charge in [0.25, 0.3) is 0 Å². The lowest BCUT2D eigenvalue weighted by molar-refractivity contribution is 0.632. The van der Waals surface area contributed by atoms with Crippen molar-refractivity contribution in [1.29, 1.82) is 0 Å². The topological polar surface area (TPSA) is 0 Å². The minimum absolute atomic E-state index is 1.17. The fourth-order valence-electron chi connectivity index (χ4n) is 3.28. The van der Waals surface area contributed by atoms with Gasteiger partial charge in [0.1, 0.15) is 0 Å². The third-order valence-electron chi connectivity index (χ3n) is 5.15. The zero-order valence-electron chi connectivity index (χ0n) is 18.3. The smallest absolute Gasteiger partial charge is 0.0109 e. The molecule has 0 aliphatic rings. The number of rotatable bonds is 11. The van der Waals surface area contributed by atoms with Crippen molar-refractivity contribution >= 4 is 12.2 Å². The van der Waals surface area contributed by atoms with Gasteiger partial charge in [-0.1, -0.05) is 106 Å². The molecule has 0 bridgehead atoms. The number of hydrogen-bond acceptors (Lipinski definition) is 0. The van der Waals surface area contributed by atoms with Crippen molar-refractivity contribution in [3.8, 4) is 11.8 Å². The highest BCUT2D eigenvalue weighted by molar-refractivity contribution is 5.56. The van der Waals surface area contributed by atoms with Gasteiger partial charge in [-0.2, -0.15) is 0 Å². The van der Waals surface area contributed by atoms with Crippen molar-refractivity contribution in [3.05, 3.63) is 82.9 Å². The molecule has 0 radical (unpaired) electrons. The molecule has 2 aromatic rings. The standard InChI is InChI=1S/C29H36/c1-3-5-7-8-11-15-27-22-24-29(25-23-27)17-13-10-9-12-16-28-20-18-26(19-21-28)14-6-4-2/h12-13,16-25H,3-8,11,14-15H2,1-2H3. The first-order valence-electron chi connectivity index (χ1n) is 11.3. The zero-order valence-corrected chi connectivity index (χ0v) is 18.3. The minimum atomic E-state index is 1.17. The molecule has 0 fully saturated rings. The molecule has 0 spiro atoms. The Kier molecular flexibility index (Phi) is 11.4. The molecular weight excluding hydrogens is 348 g/mol. The van der Waals surface area contributed by atoms with Gasteiger partial charge in [-0.05, 0) is 72.2 Å². The van der Waals surface area contributed by atoms with Crippen LogP contribution in [0.5, 0.6) is 0 Å². The summed E-state index contributed by atoms with van der Waals surface area (Å²) in [6, 6.07) is 17.7. The molecule has 2 aromatic carbocycles. The average molecular weight is 385 g/mol. The molecular formula is C29H36. The third kappa shape index (κ3) is 10.00. The maximum absolute atomic E-state index is 3.09. The van der Waals surface area contributed by atoms with Crippen LogP contribution in [0.2, 0.25) is 0 Å². The molecule has 0 aliphatic heterocycles. The average Bonchev–Trinajstić information content (AvgIpc) is 2.76. The number of aryl methyl sites for hydroxylation is 2. The van der Waals surface area contributed by atoms with Crippen LogP contribution in [0.4, 0.5) is 0 Å². The van der Waals surface area contributed by atoms with Gasteiger partial charge in [-0.15, -0.1) is 0 Å². The molecule has 29 heavy (non-hydrogen) atoms. The molecule has 0 saturated carbocycles. The molecule has 0 aliphatic carbocycles. The van der Waals surface area contributed by atoms with Gasteiger partial charge < -0.3 is 0 Å². The lowest BCUT2D eigenvalue weighted by Crippen LogP contribution is -1.86. The summed E-state index contributed by atoms with van der Waals surface area (Å²) < 4.78 is 0. The van der Waals surface area contributed by atoms with Crippen molar-refractivity contribution in [1.82, 2.24) is 0 Å². The largest absolute Gasteiger partial charge is 0.0702 e. The van der Waals surface area contributed by atoms with Crippen molar-refractivity contribution < 1.29 is 0 Å². The van der Waals surface area contributed by atoms with E-state index in [-0.39, 0.29) is 0 Å². The van der Waals surface area contributed by atoms with Crippen LogP contribution >= 0.6 is 0 Å². The van der Waals surface area contributed by atoms with Crippen molar-refractivity contribution in [2.45, 2.75) is 71.6 Å². The van der Waals surface area contributed by atoms with E-state index in [0.717, 1.165) is 0 Å². The Labute approximate surface area is 178 Å². The van der Waals surface area contributed by atoms with Crippen LogP contribution in [0, 0.1) is 11.8 Å². The zero-order chi connectivity index (χ0) is 20.6. The van der Waals surface area contributed by atoms with Crippen molar-refractivity contribution in [2.75, 3.05) is 0 Å². The van der Waals surface area contributed by atoms with Crippen LogP contribution in [0.15, 0.2) is 60.7 Å². The summed E-state index contributed by atoms with van der Waals surface area (Å²) >= 11 is 0. The van der Waals surface area contributed by atoms with Crippen LogP contribution in [0.3, 0.4) is 0 Å². The van der Waals surface area contributed by atoms with Gasteiger partial charge in [0.05, 0.1) is 0 Å².